The Hall–Kier alpha value is -2.41. The predicted molar refractivity (Wildman–Crippen MR) is 106 cm³/mol. The first-order valence-corrected chi connectivity index (χ1v) is 9.84. The molecule has 0 fully saturated rings. The lowest BCUT2D eigenvalue weighted by Crippen LogP contribution is -2.25. The van der Waals surface area contributed by atoms with E-state index in [9.17, 15) is 4.79 Å². The van der Waals surface area contributed by atoms with Crippen molar-refractivity contribution in [2.75, 3.05) is 6.54 Å². The third kappa shape index (κ3) is 5.53. The molecule has 3 aromatic rings. The standard InChI is InChI=1S/C20H25N3O3S/c1-13-22-15-10-14(6-7-17(15)27-13)25-12-18-23-16(11-26-18)19(24)21-9-5-8-20(2,3)4/h6-7,10-11H,5,8-9,12H2,1-4H3,(H,21,24). The van der Waals surface area contributed by atoms with Crippen molar-refractivity contribution in [1.29, 1.82) is 0 Å². The van der Waals surface area contributed by atoms with Gasteiger partial charge >= 0.3 is 0 Å². The molecule has 27 heavy (non-hydrogen) atoms. The molecule has 1 N–H and O–H groups in total. The zero-order valence-corrected chi connectivity index (χ0v) is 17.0. The Bertz CT molecular complexity index is 924. The molecule has 0 saturated carbocycles. The van der Waals surface area contributed by atoms with Crippen molar-refractivity contribution in [3.05, 3.63) is 41.1 Å². The predicted octanol–water partition coefficient (Wildman–Crippen LogP) is 4.73. The van der Waals surface area contributed by atoms with Crippen molar-refractivity contribution in [3.8, 4) is 5.75 Å². The smallest absolute Gasteiger partial charge is 0.273 e. The van der Waals surface area contributed by atoms with Gasteiger partial charge in [-0.1, -0.05) is 20.8 Å². The minimum Gasteiger partial charge on any atom is -0.484 e. The van der Waals surface area contributed by atoms with Crippen molar-refractivity contribution < 1.29 is 13.9 Å². The summed E-state index contributed by atoms with van der Waals surface area (Å²) in [5, 5.41) is 3.89. The number of hydrogen-bond acceptors (Lipinski definition) is 6. The van der Waals surface area contributed by atoms with Crippen LogP contribution in [0.1, 0.15) is 55.0 Å². The van der Waals surface area contributed by atoms with E-state index in [0.29, 0.717) is 18.2 Å². The van der Waals surface area contributed by atoms with Gasteiger partial charge in [-0.2, -0.15) is 0 Å². The molecule has 0 aliphatic rings. The summed E-state index contributed by atoms with van der Waals surface area (Å²) in [5.74, 6) is 0.835. The molecule has 144 valence electrons. The van der Waals surface area contributed by atoms with E-state index in [1.54, 1.807) is 11.3 Å². The lowest BCUT2D eigenvalue weighted by molar-refractivity contribution is 0.0946. The van der Waals surface area contributed by atoms with Gasteiger partial charge in [0, 0.05) is 12.6 Å². The summed E-state index contributed by atoms with van der Waals surface area (Å²) in [4.78, 5) is 20.8. The van der Waals surface area contributed by atoms with E-state index >= 15 is 0 Å². The van der Waals surface area contributed by atoms with E-state index in [2.05, 4.69) is 36.1 Å². The van der Waals surface area contributed by atoms with E-state index in [-0.39, 0.29) is 23.6 Å². The average molecular weight is 388 g/mol. The van der Waals surface area contributed by atoms with Crippen LogP contribution in [0.15, 0.2) is 28.9 Å². The molecule has 1 aromatic carbocycles. The number of rotatable bonds is 7. The van der Waals surface area contributed by atoms with Crippen LogP contribution in [-0.2, 0) is 6.61 Å². The number of aromatic nitrogens is 2. The largest absolute Gasteiger partial charge is 0.484 e. The second-order valence-corrected chi connectivity index (χ2v) is 8.93. The van der Waals surface area contributed by atoms with Crippen LogP contribution in [0, 0.1) is 12.3 Å². The minimum absolute atomic E-state index is 0.159. The highest BCUT2D eigenvalue weighted by Crippen LogP contribution is 2.26. The summed E-state index contributed by atoms with van der Waals surface area (Å²) >= 11 is 1.65. The topological polar surface area (TPSA) is 77.2 Å². The Morgan fingerprint density at radius 2 is 2.11 bits per heavy atom. The molecule has 0 bridgehead atoms. The number of nitrogens with one attached hydrogen (secondary N) is 1. The first-order valence-electron chi connectivity index (χ1n) is 9.03. The third-order valence-electron chi connectivity index (χ3n) is 4.00. The first kappa shape index (κ1) is 19.4. The molecule has 0 unspecified atom stereocenters. The van der Waals surface area contributed by atoms with E-state index in [1.165, 1.54) is 6.26 Å². The lowest BCUT2D eigenvalue weighted by atomic mass is 9.91. The van der Waals surface area contributed by atoms with E-state index < -0.39 is 0 Å². The van der Waals surface area contributed by atoms with Gasteiger partial charge in [0.1, 0.15) is 12.0 Å². The number of benzene rings is 1. The van der Waals surface area contributed by atoms with Gasteiger partial charge in [-0.3, -0.25) is 4.79 Å². The van der Waals surface area contributed by atoms with Crippen molar-refractivity contribution in [2.45, 2.75) is 47.1 Å². The fraction of sp³-hybridized carbons (Fsp3) is 0.450. The van der Waals surface area contributed by atoms with E-state index in [4.69, 9.17) is 9.15 Å². The highest BCUT2D eigenvalue weighted by molar-refractivity contribution is 7.18. The Labute approximate surface area is 163 Å². The molecule has 3 rings (SSSR count). The van der Waals surface area contributed by atoms with Crippen LogP contribution in [0.5, 0.6) is 5.75 Å². The Kier molecular flexibility index (Phi) is 5.79. The van der Waals surface area contributed by atoms with Gasteiger partial charge in [0.2, 0.25) is 5.89 Å². The highest BCUT2D eigenvalue weighted by Gasteiger charge is 2.14. The fourth-order valence-electron chi connectivity index (χ4n) is 2.65. The van der Waals surface area contributed by atoms with Crippen molar-refractivity contribution in [1.82, 2.24) is 15.3 Å². The van der Waals surface area contributed by atoms with Gasteiger partial charge in [0.15, 0.2) is 12.3 Å². The normalized spacial score (nSPS) is 11.7. The quantitative estimate of drug-likeness (QED) is 0.593. The molecule has 0 aliphatic heterocycles. The molecule has 0 aliphatic carbocycles. The Balaban J connectivity index is 1.50. The molecular formula is C20H25N3O3S. The number of amides is 1. The summed E-state index contributed by atoms with van der Waals surface area (Å²) in [6.45, 7) is 9.33. The molecule has 0 spiro atoms. The number of carbonyl (C=O) groups is 1. The molecule has 2 aromatic heterocycles. The van der Waals surface area contributed by atoms with Gasteiger partial charge in [0.05, 0.1) is 15.2 Å². The fourth-order valence-corrected chi connectivity index (χ4v) is 3.46. The number of hydrogen-bond donors (Lipinski definition) is 1. The highest BCUT2D eigenvalue weighted by atomic mass is 32.1. The van der Waals surface area contributed by atoms with Gasteiger partial charge in [-0.25, -0.2) is 9.97 Å². The van der Waals surface area contributed by atoms with E-state index in [0.717, 1.165) is 28.1 Å². The zero-order chi connectivity index (χ0) is 19.4. The first-order chi connectivity index (χ1) is 12.8. The Morgan fingerprint density at radius 1 is 1.30 bits per heavy atom. The van der Waals surface area contributed by atoms with Crippen LogP contribution in [0.3, 0.4) is 0 Å². The molecule has 1 amide bonds. The zero-order valence-electron chi connectivity index (χ0n) is 16.2. The number of nitrogens with zero attached hydrogens (tertiary/aromatic N) is 2. The van der Waals surface area contributed by atoms with Crippen LogP contribution in [0.25, 0.3) is 10.2 Å². The lowest BCUT2D eigenvalue weighted by Gasteiger charge is -2.17. The molecule has 0 atom stereocenters. The second kappa shape index (κ2) is 8.08. The number of thiazole rings is 1. The second-order valence-electron chi connectivity index (χ2n) is 7.70. The van der Waals surface area contributed by atoms with Crippen molar-refractivity contribution >= 4 is 27.5 Å². The molecule has 6 nitrogen and oxygen atoms in total. The minimum atomic E-state index is -0.224. The summed E-state index contributed by atoms with van der Waals surface area (Å²) in [6.07, 6.45) is 3.35. The number of oxazole rings is 1. The average Bonchev–Trinajstić information content (AvgIpc) is 3.21. The van der Waals surface area contributed by atoms with Crippen LogP contribution in [0.4, 0.5) is 0 Å². The van der Waals surface area contributed by atoms with Crippen molar-refractivity contribution in [2.24, 2.45) is 5.41 Å². The van der Waals surface area contributed by atoms with Crippen LogP contribution in [-0.4, -0.2) is 22.4 Å². The van der Waals surface area contributed by atoms with Crippen LogP contribution in [0.2, 0.25) is 0 Å². The monoisotopic (exact) mass is 387 g/mol. The third-order valence-corrected chi connectivity index (χ3v) is 4.95. The molecular weight excluding hydrogens is 362 g/mol. The van der Waals surface area contributed by atoms with Gasteiger partial charge in [-0.15, -0.1) is 11.3 Å². The molecule has 7 heteroatoms. The van der Waals surface area contributed by atoms with Gasteiger partial charge in [0.25, 0.3) is 5.91 Å². The van der Waals surface area contributed by atoms with Crippen LogP contribution < -0.4 is 10.1 Å². The number of fused-ring (bicyclic) bond motifs is 1. The number of carbonyl (C=O) groups excluding carboxylic acids is 1. The van der Waals surface area contributed by atoms with Gasteiger partial charge in [-0.05, 0) is 37.3 Å². The van der Waals surface area contributed by atoms with Gasteiger partial charge < -0.3 is 14.5 Å². The summed E-state index contributed by atoms with van der Waals surface area (Å²) in [5.41, 5.74) is 1.45. The SMILES string of the molecule is Cc1nc2cc(OCc3nc(C(=O)NCCCC(C)(C)C)co3)ccc2s1. The van der Waals surface area contributed by atoms with Crippen LogP contribution >= 0.6 is 11.3 Å². The molecule has 2 heterocycles. The van der Waals surface area contributed by atoms with Crippen molar-refractivity contribution in [3.63, 3.8) is 0 Å². The summed E-state index contributed by atoms with van der Waals surface area (Å²) < 4.78 is 12.2. The number of ether oxygens (including phenoxy) is 1. The molecule has 0 radical (unpaired) electrons. The number of aryl methyl sites for hydroxylation is 1. The summed E-state index contributed by atoms with van der Waals surface area (Å²) in [6, 6.07) is 5.78. The molecule has 0 saturated heterocycles. The maximum atomic E-state index is 12.1. The maximum absolute atomic E-state index is 12.1. The Morgan fingerprint density at radius 3 is 2.89 bits per heavy atom. The van der Waals surface area contributed by atoms with E-state index in [1.807, 2.05) is 25.1 Å². The maximum Gasteiger partial charge on any atom is 0.273 e. The summed E-state index contributed by atoms with van der Waals surface area (Å²) in [7, 11) is 0.